The lowest BCUT2D eigenvalue weighted by Crippen LogP contribution is -2.53. The van der Waals surface area contributed by atoms with Crippen LogP contribution in [0.1, 0.15) is 29.4 Å². The van der Waals surface area contributed by atoms with Gasteiger partial charge in [-0.1, -0.05) is 0 Å². The first-order valence-corrected chi connectivity index (χ1v) is 9.87. The maximum Gasteiger partial charge on any atom is 0.326 e. The molecular weight excluding hydrogens is 448 g/mol. The number of nitrogen functional groups attached to an aromatic ring is 1. The monoisotopic (exact) mass is 470 g/mol. The van der Waals surface area contributed by atoms with Crippen LogP contribution in [0.15, 0.2) is 35.3 Å². The van der Waals surface area contributed by atoms with Gasteiger partial charge in [-0.3, -0.25) is 19.4 Å². The van der Waals surface area contributed by atoms with E-state index >= 15 is 0 Å². The molecule has 3 rings (SSSR count). The highest BCUT2D eigenvalue weighted by Crippen LogP contribution is 2.14. The number of aromatic nitrogens is 4. The van der Waals surface area contributed by atoms with Crippen LogP contribution in [0.2, 0.25) is 0 Å². The number of carbonyl (C=O) groups is 3. The molecule has 0 fully saturated rings. The first-order chi connectivity index (χ1) is 16.0. The molecule has 0 aliphatic rings. The molecule has 1 amide bonds. The summed E-state index contributed by atoms with van der Waals surface area (Å²) in [5, 5.41) is 23.7. The van der Waals surface area contributed by atoms with Crippen LogP contribution in [0.4, 0.5) is 11.6 Å². The predicted octanol–water partition coefficient (Wildman–Crippen LogP) is -0.717. The fraction of sp³-hybridized carbons (Fsp3) is 0.250. The molecule has 0 aliphatic heterocycles. The van der Waals surface area contributed by atoms with E-state index in [4.69, 9.17) is 16.6 Å². The summed E-state index contributed by atoms with van der Waals surface area (Å²) in [6.45, 7) is 1.38. The zero-order chi connectivity index (χ0) is 25.0. The lowest BCUT2D eigenvalue weighted by atomic mass is 9.94. The van der Waals surface area contributed by atoms with E-state index in [-0.39, 0.29) is 29.2 Å². The second-order valence-electron chi connectivity index (χ2n) is 7.71. The van der Waals surface area contributed by atoms with Crippen molar-refractivity contribution >= 4 is 40.6 Å². The van der Waals surface area contributed by atoms with E-state index < -0.39 is 41.4 Å². The second-order valence-corrected chi connectivity index (χ2v) is 7.71. The van der Waals surface area contributed by atoms with Crippen molar-refractivity contribution < 1.29 is 24.6 Å². The Hall–Kier alpha value is -4.59. The number of hydrogen-bond donors (Lipinski definition) is 7. The fourth-order valence-electron chi connectivity index (χ4n) is 2.94. The van der Waals surface area contributed by atoms with E-state index in [0.29, 0.717) is 11.4 Å². The third-order valence-electron chi connectivity index (χ3n) is 4.83. The number of hydrogen-bond acceptors (Lipinski definition) is 10. The van der Waals surface area contributed by atoms with Gasteiger partial charge in [0.2, 0.25) is 5.95 Å². The minimum absolute atomic E-state index is 0.0463. The predicted molar refractivity (Wildman–Crippen MR) is 120 cm³/mol. The van der Waals surface area contributed by atoms with Crippen LogP contribution in [-0.4, -0.2) is 59.6 Å². The van der Waals surface area contributed by atoms with Crippen molar-refractivity contribution in [3.63, 3.8) is 0 Å². The van der Waals surface area contributed by atoms with E-state index in [9.17, 15) is 24.3 Å². The van der Waals surface area contributed by atoms with Crippen molar-refractivity contribution in [3.8, 4) is 0 Å². The minimum atomic E-state index is -1.83. The SMILES string of the molecule is CC(N)(CC(NC(=O)c1ccc(NCc2cnc3nc(N)[nH]c(=O)c3n2)cc1)C(=O)O)C(=O)O. The van der Waals surface area contributed by atoms with E-state index in [1.54, 1.807) is 12.1 Å². The number of rotatable bonds is 9. The maximum absolute atomic E-state index is 12.4. The molecule has 2 heterocycles. The van der Waals surface area contributed by atoms with Crippen LogP contribution >= 0.6 is 0 Å². The zero-order valence-corrected chi connectivity index (χ0v) is 17.9. The van der Waals surface area contributed by atoms with Gasteiger partial charge in [0.1, 0.15) is 11.6 Å². The molecule has 178 valence electrons. The van der Waals surface area contributed by atoms with Crippen molar-refractivity contribution in [2.75, 3.05) is 11.1 Å². The van der Waals surface area contributed by atoms with Crippen molar-refractivity contribution in [3.05, 3.63) is 52.1 Å². The number of fused-ring (bicyclic) bond motifs is 1. The van der Waals surface area contributed by atoms with E-state index in [0.717, 1.165) is 0 Å². The molecule has 2 unspecified atom stereocenters. The summed E-state index contributed by atoms with van der Waals surface area (Å²) < 4.78 is 0. The van der Waals surface area contributed by atoms with Gasteiger partial charge in [0, 0.05) is 17.7 Å². The van der Waals surface area contributed by atoms with Crippen LogP contribution in [0, 0.1) is 0 Å². The number of nitrogens with two attached hydrogens (primary N) is 2. The molecule has 9 N–H and O–H groups in total. The number of nitrogens with one attached hydrogen (secondary N) is 3. The highest BCUT2D eigenvalue weighted by atomic mass is 16.4. The number of carbonyl (C=O) groups excluding carboxylic acids is 1. The zero-order valence-electron chi connectivity index (χ0n) is 17.9. The lowest BCUT2D eigenvalue weighted by molar-refractivity contribution is -0.144. The lowest BCUT2D eigenvalue weighted by Gasteiger charge is -2.24. The highest BCUT2D eigenvalue weighted by Gasteiger charge is 2.35. The number of aromatic amines is 1. The first kappa shape index (κ1) is 24.1. The molecule has 0 spiro atoms. The fourth-order valence-corrected chi connectivity index (χ4v) is 2.94. The van der Waals surface area contributed by atoms with E-state index in [1.807, 2.05) is 0 Å². The van der Waals surface area contributed by atoms with Gasteiger partial charge in [0.25, 0.3) is 11.5 Å². The Morgan fingerprint density at radius 3 is 2.47 bits per heavy atom. The number of nitrogens with zero attached hydrogens (tertiary/aromatic N) is 3. The van der Waals surface area contributed by atoms with Gasteiger partial charge in [0.05, 0.1) is 18.4 Å². The van der Waals surface area contributed by atoms with Crippen LogP contribution in [-0.2, 0) is 16.1 Å². The van der Waals surface area contributed by atoms with Crippen molar-refractivity contribution in [2.24, 2.45) is 5.73 Å². The Kier molecular flexibility index (Phi) is 6.72. The normalized spacial score (nSPS) is 13.6. The second kappa shape index (κ2) is 9.50. The molecule has 0 saturated heterocycles. The standard InChI is InChI=1S/C20H22N8O6/c1-20(22,18(33)34)6-12(17(31)32)26-15(29)9-2-4-10(5-3-9)23-7-11-8-24-14-13(25-11)16(30)28-19(21)27-14/h2-5,8,12,23H,6-7,22H2,1H3,(H,26,29)(H,31,32)(H,33,34)(H3,21,24,27,28,30). The van der Waals surface area contributed by atoms with Gasteiger partial charge in [-0.05, 0) is 31.2 Å². The molecule has 14 nitrogen and oxygen atoms in total. The third-order valence-corrected chi connectivity index (χ3v) is 4.83. The summed E-state index contributed by atoms with van der Waals surface area (Å²) in [6, 6.07) is 4.59. The Morgan fingerprint density at radius 1 is 1.18 bits per heavy atom. The van der Waals surface area contributed by atoms with Crippen LogP contribution in [0.5, 0.6) is 0 Å². The molecule has 3 aromatic rings. The van der Waals surface area contributed by atoms with Crippen LogP contribution < -0.4 is 27.7 Å². The number of H-pyrrole nitrogens is 1. The summed E-state index contributed by atoms with van der Waals surface area (Å²) in [5.74, 6) is -3.55. The highest BCUT2D eigenvalue weighted by molar-refractivity contribution is 5.97. The molecule has 2 aromatic heterocycles. The summed E-state index contributed by atoms with van der Waals surface area (Å²) in [5.41, 5.74) is 10.1. The maximum atomic E-state index is 12.4. The van der Waals surface area contributed by atoms with Gasteiger partial charge in [-0.2, -0.15) is 4.98 Å². The third kappa shape index (κ3) is 5.60. The average Bonchev–Trinajstić information content (AvgIpc) is 2.77. The van der Waals surface area contributed by atoms with Crippen molar-refractivity contribution in [1.29, 1.82) is 0 Å². The van der Waals surface area contributed by atoms with E-state index in [2.05, 4.69) is 30.6 Å². The minimum Gasteiger partial charge on any atom is -0.480 e. The summed E-state index contributed by atoms with van der Waals surface area (Å²) in [6.07, 6.45) is 0.943. The van der Waals surface area contributed by atoms with Gasteiger partial charge < -0.3 is 32.3 Å². The molecular formula is C20H22N8O6. The van der Waals surface area contributed by atoms with Crippen LogP contribution in [0.3, 0.4) is 0 Å². The molecule has 1 aromatic carbocycles. The largest absolute Gasteiger partial charge is 0.480 e. The Labute approximate surface area is 191 Å². The quantitative estimate of drug-likeness (QED) is 0.205. The molecule has 0 saturated carbocycles. The van der Waals surface area contributed by atoms with Gasteiger partial charge >= 0.3 is 11.9 Å². The summed E-state index contributed by atoms with van der Waals surface area (Å²) in [4.78, 5) is 61.5. The number of benzene rings is 1. The Morgan fingerprint density at radius 2 is 1.85 bits per heavy atom. The van der Waals surface area contributed by atoms with Gasteiger partial charge in [-0.15, -0.1) is 0 Å². The van der Waals surface area contributed by atoms with Crippen molar-refractivity contribution in [1.82, 2.24) is 25.3 Å². The number of anilines is 2. The molecule has 0 aliphatic carbocycles. The van der Waals surface area contributed by atoms with E-state index in [1.165, 1.54) is 25.3 Å². The molecule has 14 heteroatoms. The molecule has 34 heavy (non-hydrogen) atoms. The molecule has 0 bridgehead atoms. The Bertz CT molecular complexity index is 1300. The number of aliphatic carboxylic acids is 2. The summed E-state index contributed by atoms with van der Waals surface area (Å²) in [7, 11) is 0. The topological polar surface area (TPSA) is 239 Å². The number of carboxylic acids is 2. The van der Waals surface area contributed by atoms with Gasteiger partial charge in [-0.25, -0.2) is 14.8 Å². The van der Waals surface area contributed by atoms with Gasteiger partial charge in [0.15, 0.2) is 11.2 Å². The number of carboxylic acid groups (broad SMARTS) is 2. The van der Waals surface area contributed by atoms with Crippen LogP contribution in [0.25, 0.3) is 11.2 Å². The smallest absolute Gasteiger partial charge is 0.326 e. The first-order valence-electron chi connectivity index (χ1n) is 9.87. The average molecular weight is 470 g/mol. The molecule has 2 atom stereocenters. The Balaban J connectivity index is 1.64. The van der Waals surface area contributed by atoms with Crippen molar-refractivity contribution in [2.45, 2.75) is 31.5 Å². The summed E-state index contributed by atoms with van der Waals surface area (Å²) >= 11 is 0. The molecule has 0 radical (unpaired) electrons. The number of amides is 1.